The first-order chi connectivity index (χ1) is 9.19. The number of nitriles is 1. The van der Waals surface area contributed by atoms with E-state index in [0.29, 0.717) is 12.1 Å². The quantitative estimate of drug-likeness (QED) is 0.578. The smallest absolute Gasteiger partial charge is 0.0890 e. The fourth-order valence-electron chi connectivity index (χ4n) is 2.82. The van der Waals surface area contributed by atoms with Gasteiger partial charge >= 0.3 is 0 Å². The van der Waals surface area contributed by atoms with Crippen molar-refractivity contribution in [3.8, 4) is 6.07 Å². The van der Waals surface area contributed by atoms with Crippen molar-refractivity contribution in [2.75, 3.05) is 14.1 Å². The van der Waals surface area contributed by atoms with Crippen molar-refractivity contribution in [3.63, 3.8) is 0 Å². The molecule has 4 nitrogen and oxygen atoms in total. The third-order valence-electron chi connectivity index (χ3n) is 4.23. The fraction of sp³-hybridized carbons (Fsp3) is 0.800. The molecule has 4 heteroatoms. The van der Waals surface area contributed by atoms with Gasteiger partial charge in [-0.2, -0.15) is 15.5 Å². The van der Waals surface area contributed by atoms with Crippen molar-refractivity contribution >= 4 is 0 Å². The zero-order valence-corrected chi connectivity index (χ0v) is 12.0. The van der Waals surface area contributed by atoms with Crippen molar-refractivity contribution < 1.29 is 0 Å². The minimum absolute atomic E-state index is 0.252. The van der Waals surface area contributed by atoms with E-state index in [-0.39, 0.29) is 12.0 Å². The molecule has 0 saturated heterocycles. The number of nitrogens with zero attached hydrogens (tertiary/aromatic N) is 4. The van der Waals surface area contributed by atoms with Gasteiger partial charge in [0.1, 0.15) is 0 Å². The highest BCUT2D eigenvalue weighted by Gasteiger charge is 2.21. The van der Waals surface area contributed by atoms with Gasteiger partial charge in [0.15, 0.2) is 0 Å². The van der Waals surface area contributed by atoms with Gasteiger partial charge in [-0.05, 0) is 52.6 Å². The van der Waals surface area contributed by atoms with Crippen LogP contribution >= 0.6 is 0 Å². The summed E-state index contributed by atoms with van der Waals surface area (Å²) < 4.78 is 0. The van der Waals surface area contributed by atoms with Crippen LogP contribution in [0.25, 0.3) is 0 Å². The molecule has 104 valence electrons. The highest BCUT2D eigenvalue weighted by molar-refractivity contribution is 5.04. The van der Waals surface area contributed by atoms with Crippen LogP contribution in [0, 0.1) is 17.2 Å². The predicted molar refractivity (Wildman–Crippen MR) is 75.9 cm³/mol. The number of azo groups is 1. The molecule has 0 N–H and O–H groups in total. The Kier molecular flexibility index (Phi) is 5.09. The normalized spacial score (nSPS) is 35.7. The van der Waals surface area contributed by atoms with Crippen LogP contribution < -0.4 is 0 Å². The minimum Gasteiger partial charge on any atom is -0.303 e. The number of likely N-dealkylation sites (N-methyl/N-ethyl adjacent to an activating group) is 1. The van der Waals surface area contributed by atoms with E-state index in [1.54, 1.807) is 0 Å². The van der Waals surface area contributed by atoms with Crippen LogP contribution in [0.4, 0.5) is 0 Å². The molecule has 0 aromatic carbocycles. The average molecular weight is 260 g/mol. The van der Waals surface area contributed by atoms with Gasteiger partial charge in [-0.3, -0.25) is 0 Å². The summed E-state index contributed by atoms with van der Waals surface area (Å²) in [5, 5.41) is 17.8. The molecule has 19 heavy (non-hydrogen) atoms. The molecule has 2 atom stereocenters. The summed E-state index contributed by atoms with van der Waals surface area (Å²) in [7, 11) is 4.23. The molecule has 2 aliphatic rings. The summed E-state index contributed by atoms with van der Waals surface area (Å²) in [5.41, 5.74) is 0. The lowest BCUT2D eigenvalue weighted by Crippen LogP contribution is -2.29. The molecule has 2 rings (SSSR count). The Morgan fingerprint density at radius 2 is 1.74 bits per heavy atom. The van der Waals surface area contributed by atoms with Crippen molar-refractivity contribution in [1.82, 2.24) is 4.90 Å². The largest absolute Gasteiger partial charge is 0.303 e. The van der Waals surface area contributed by atoms with Crippen LogP contribution in [0.3, 0.4) is 0 Å². The number of hydrogen-bond donors (Lipinski definition) is 0. The van der Waals surface area contributed by atoms with Crippen molar-refractivity contribution in [2.24, 2.45) is 16.1 Å². The molecule has 0 aromatic heterocycles. The Hall–Kier alpha value is -1.21. The Morgan fingerprint density at radius 3 is 2.26 bits per heavy atom. The summed E-state index contributed by atoms with van der Waals surface area (Å²) >= 11 is 0. The number of hydrogen-bond acceptors (Lipinski definition) is 4. The van der Waals surface area contributed by atoms with E-state index in [9.17, 15) is 0 Å². The van der Waals surface area contributed by atoms with Gasteiger partial charge in [0.2, 0.25) is 0 Å². The lowest BCUT2D eigenvalue weighted by atomic mass is 9.87. The van der Waals surface area contributed by atoms with Gasteiger partial charge < -0.3 is 4.90 Å². The topological polar surface area (TPSA) is 51.8 Å². The molecule has 1 saturated carbocycles. The highest BCUT2D eigenvalue weighted by Crippen LogP contribution is 2.26. The third-order valence-corrected chi connectivity index (χ3v) is 4.23. The van der Waals surface area contributed by atoms with Gasteiger partial charge in [0.05, 0.1) is 18.2 Å². The maximum atomic E-state index is 8.86. The Labute approximate surface area is 116 Å². The monoisotopic (exact) mass is 260 g/mol. The molecule has 0 bridgehead atoms. The SMILES string of the molecule is CN(C)C1C=CC(N=NC2CCC(C#N)CC2)CC1. The summed E-state index contributed by atoms with van der Waals surface area (Å²) in [4.78, 5) is 2.24. The zero-order chi connectivity index (χ0) is 13.7. The van der Waals surface area contributed by atoms with E-state index in [4.69, 9.17) is 5.26 Å². The van der Waals surface area contributed by atoms with Crippen LogP contribution in [0.15, 0.2) is 22.4 Å². The molecular weight excluding hydrogens is 236 g/mol. The minimum atomic E-state index is 0.252. The molecule has 2 aliphatic carbocycles. The lowest BCUT2D eigenvalue weighted by Gasteiger charge is -2.26. The predicted octanol–water partition coefficient (Wildman–Crippen LogP) is 3.17. The summed E-state index contributed by atoms with van der Waals surface area (Å²) in [6.07, 6.45) is 10.7. The van der Waals surface area contributed by atoms with E-state index >= 15 is 0 Å². The van der Waals surface area contributed by atoms with Crippen LogP contribution in [-0.4, -0.2) is 37.1 Å². The second kappa shape index (κ2) is 6.81. The van der Waals surface area contributed by atoms with Gasteiger partial charge in [-0.1, -0.05) is 12.2 Å². The van der Waals surface area contributed by atoms with Crippen molar-refractivity contribution in [2.45, 2.75) is 56.7 Å². The third kappa shape index (κ3) is 4.14. The molecule has 0 amide bonds. The second-order valence-electron chi connectivity index (χ2n) is 5.93. The summed E-state index contributed by atoms with van der Waals surface area (Å²) in [5.74, 6) is 0.252. The Morgan fingerprint density at radius 1 is 1.00 bits per heavy atom. The Balaban J connectivity index is 1.78. The maximum absolute atomic E-state index is 8.86. The van der Waals surface area contributed by atoms with Crippen molar-refractivity contribution in [3.05, 3.63) is 12.2 Å². The van der Waals surface area contributed by atoms with Gasteiger partial charge in [0, 0.05) is 12.0 Å². The first-order valence-electron chi connectivity index (χ1n) is 7.33. The fourth-order valence-corrected chi connectivity index (χ4v) is 2.82. The maximum Gasteiger partial charge on any atom is 0.0890 e. The molecule has 0 radical (unpaired) electrons. The zero-order valence-electron chi connectivity index (χ0n) is 12.0. The van der Waals surface area contributed by atoms with Crippen LogP contribution in [-0.2, 0) is 0 Å². The molecule has 0 spiro atoms. The highest BCUT2D eigenvalue weighted by atomic mass is 15.1. The number of rotatable bonds is 3. The second-order valence-corrected chi connectivity index (χ2v) is 5.93. The molecule has 0 aromatic rings. The van der Waals surface area contributed by atoms with Gasteiger partial charge in [-0.25, -0.2) is 0 Å². The van der Waals surface area contributed by atoms with Crippen LogP contribution in [0.1, 0.15) is 38.5 Å². The van der Waals surface area contributed by atoms with E-state index in [2.05, 4.69) is 47.4 Å². The molecule has 1 fully saturated rings. The van der Waals surface area contributed by atoms with E-state index in [1.807, 2.05) is 0 Å². The summed E-state index contributed by atoms with van der Waals surface area (Å²) in [6, 6.07) is 3.53. The molecule has 0 heterocycles. The first kappa shape index (κ1) is 14.2. The van der Waals surface area contributed by atoms with Crippen LogP contribution in [0.2, 0.25) is 0 Å². The molecular formula is C15H24N4. The van der Waals surface area contributed by atoms with Crippen LogP contribution in [0.5, 0.6) is 0 Å². The van der Waals surface area contributed by atoms with E-state index in [0.717, 1.165) is 38.5 Å². The van der Waals surface area contributed by atoms with Crippen molar-refractivity contribution in [1.29, 1.82) is 5.26 Å². The van der Waals surface area contributed by atoms with E-state index < -0.39 is 0 Å². The lowest BCUT2D eigenvalue weighted by molar-refractivity contribution is 0.308. The van der Waals surface area contributed by atoms with E-state index in [1.165, 1.54) is 0 Å². The first-order valence-corrected chi connectivity index (χ1v) is 7.33. The molecule has 0 aliphatic heterocycles. The Bertz CT molecular complexity index is 372. The van der Waals surface area contributed by atoms with Gasteiger partial charge in [0.25, 0.3) is 0 Å². The van der Waals surface area contributed by atoms with Gasteiger partial charge in [-0.15, -0.1) is 0 Å². The summed E-state index contributed by atoms with van der Waals surface area (Å²) in [6.45, 7) is 0. The standard InChI is InChI=1S/C15H24N4/c1-19(2)15-9-7-14(8-10-15)18-17-13-5-3-12(11-16)4-6-13/h7,9,12-15H,3-6,8,10H2,1-2H3. The average Bonchev–Trinajstić information content (AvgIpc) is 2.46. The molecule has 2 unspecified atom stereocenters.